The zero-order chi connectivity index (χ0) is 13.3. The Morgan fingerprint density at radius 3 is 3.00 bits per heavy atom. The Bertz CT molecular complexity index is 506. The molecule has 0 fully saturated rings. The van der Waals surface area contributed by atoms with Crippen molar-refractivity contribution in [1.82, 2.24) is 0 Å². The second-order valence-corrected chi connectivity index (χ2v) is 3.73. The molecule has 1 amide bonds. The molecule has 96 valence electrons. The highest BCUT2D eigenvalue weighted by Crippen LogP contribution is 2.22. The maximum Gasteiger partial charge on any atom is 0.375 e. The van der Waals surface area contributed by atoms with E-state index in [2.05, 4.69) is 10.1 Å². The van der Waals surface area contributed by atoms with Crippen LogP contribution < -0.4 is 10.4 Å². The van der Waals surface area contributed by atoms with E-state index in [-0.39, 0.29) is 18.0 Å². The van der Waals surface area contributed by atoms with Gasteiger partial charge in [-0.25, -0.2) is 9.18 Å². The molecular weight excluding hydrogens is 243 g/mol. The van der Waals surface area contributed by atoms with Gasteiger partial charge in [0.15, 0.2) is 5.69 Å². The van der Waals surface area contributed by atoms with E-state index in [9.17, 15) is 19.2 Å². The lowest BCUT2D eigenvalue weighted by Gasteiger charge is -2.33. The molecule has 0 spiro atoms. The van der Waals surface area contributed by atoms with Crippen LogP contribution in [0.15, 0.2) is 18.2 Å². The number of carbonyl (C=O) groups is 2. The molecule has 1 aromatic rings. The standard InChI is InChI=1S/C11H11FN2O4/c1-2-18-11(16)9-10(15)13-7-4-3-6(12)5-8(7)14(9)17/h3-5,9,14H,2H2,1H3,(H,13,15). The van der Waals surface area contributed by atoms with Crippen LogP contribution in [0.4, 0.5) is 15.8 Å². The molecule has 1 aromatic carbocycles. The Balaban J connectivity index is 2.37. The highest BCUT2D eigenvalue weighted by molar-refractivity contribution is 6.09. The lowest BCUT2D eigenvalue weighted by Crippen LogP contribution is -3.10. The topological polar surface area (TPSA) is 82.9 Å². The first kappa shape index (κ1) is 12.5. The van der Waals surface area contributed by atoms with Crippen molar-refractivity contribution in [1.29, 1.82) is 0 Å². The Hall–Kier alpha value is -1.99. The third kappa shape index (κ3) is 2.05. The van der Waals surface area contributed by atoms with E-state index in [1.54, 1.807) is 6.92 Å². The zero-order valence-electron chi connectivity index (χ0n) is 9.53. The summed E-state index contributed by atoms with van der Waals surface area (Å²) in [5.74, 6) is -2.28. The molecule has 7 heteroatoms. The van der Waals surface area contributed by atoms with Gasteiger partial charge in [-0.15, -0.1) is 0 Å². The summed E-state index contributed by atoms with van der Waals surface area (Å²) < 4.78 is 17.7. The maximum atomic E-state index is 13.1. The number of amides is 1. The normalized spacial score (nSPS) is 22.1. The van der Waals surface area contributed by atoms with E-state index in [1.807, 2.05) is 0 Å². The Morgan fingerprint density at radius 2 is 2.33 bits per heavy atom. The van der Waals surface area contributed by atoms with E-state index < -0.39 is 28.8 Å². The van der Waals surface area contributed by atoms with Crippen LogP contribution in [0.2, 0.25) is 0 Å². The van der Waals surface area contributed by atoms with Crippen LogP contribution in [0, 0.1) is 11.0 Å². The van der Waals surface area contributed by atoms with Gasteiger partial charge in [0.1, 0.15) is 11.5 Å². The van der Waals surface area contributed by atoms with Gasteiger partial charge < -0.3 is 20.3 Å². The smallest absolute Gasteiger partial charge is 0.375 e. The highest BCUT2D eigenvalue weighted by atomic mass is 19.1. The number of quaternary nitrogens is 1. The first-order chi connectivity index (χ1) is 8.54. The van der Waals surface area contributed by atoms with Crippen molar-refractivity contribution in [2.45, 2.75) is 13.0 Å². The average molecular weight is 254 g/mol. The molecular formula is C11H11FN2O4. The number of carbonyl (C=O) groups excluding carboxylic acids is 2. The van der Waals surface area contributed by atoms with E-state index >= 15 is 0 Å². The summed E-state index contributed by atoms with van der Waals surface area (Å²) in [5, 5.41) is 13.6. The second kappa shape index (κ2) is 4.71. The first-order valence-corrected chi connectivity index (χ1v) is 5.36. The number of hydrogen-bond acceptors (Lipinski definition) is 4. The van der Waals surface area contributed by atoms with Crippen molar-refractivity contribution in [3.05, 3.63) is 29.2 Å². The third-order valence-electron chi connectivity index (χ3n) is 2.55. The lowest BCUT2D eigenvalue weighted by atomic mass is 10.1. The number of ether oxygens (including phenoxy) is 1. The van der Waals surface area contributed by atoms with Crippen molar-refractivity contribution in [2.24, 2.45) is 0 Å². The molecule has 2 atom stereocenters. The summed E-state index contributed by atoms with van der Waals surface area (Å²) in [6.07, 6.45) is 0. The number of rotatable bonds is 2. The van der Waals surface area contributed by atoms with E-state index in [0.717, 1.165) is 12.1 Å². The molecule has 0 bridgehead atoms. The quantitative estimate of drug-likeness (QED) is 0.432. The van der Waals surface area contributed by atoms with Crippen molar-refractivity contribution in [3.63, 3.8) is 0 Å². The minimum Gasteiger partial charge on any atom is -0.628 e. The van der Waals surface area contributed by atoms with Crippen LogP contribution in [0.3, 0.4) is 0 Å². The Kier molecular flexibility index (Phi) is 3.26. The predicted octanol–water partition coefficient (Wildman–Crippen LogP) is -0.276. The monoisotopic (exact) mass is 254 g/mol. The number of hydroxylamine groups is 1. The zero-order valence-corrected chi connectivity index (χ0v) is 9.53. The van der Waals surface area contributed by atoms with Gasteiger partial charge in [0.2, 0.25) is 0 Å². The van der Waals surface area contributed by atoms with Gasteiger partial charge in [-0.2, -0.15) is 0 Å². The summed E-state index contributed by atoms with van der Waals surface area (Å²) in [7, 11) is 0. The maximum absolute atomic E-state index is 13.1. The number of nitrogens with one attached hydrogen (secondary N) is 2. The van der Waals surface area contributed by atoms with Gasteiger partial charge in [0.25, 0.3) is 11.9 Å². The average Bonchev–Trinajstić information content (AvgIpc) is 2.31. The van der Waals surface area contributed by atoms with Gasteiger partial charge >= 0.3 is 5.97 Å². The van der Waals surface area contributed by atoms with Crippen molar-refractivity contribution < 1.29 is 23.8 Å². The molecule has 1 aliphatic rings. The molecule has 1 aliphatic heterocycles. The number of hydrogen-bond donors (Lipinski definition) is 2. The fraction of sp³-hybridized carbons (Fsp3) is 0.273. The van der Waals surface area contributed by atoms with Crippen LogP contribution in [0.5, 0.6) is 0 Å². The predicted molar refractivity (Wildman–Crippen MR) is 59.4 cm³/mol. The van der Waals surface area contributed by atoms with Gasteiger partial charge in [-0.1, -0.05) is 0 Å². The number of halogens is 1. The fourth-order valence-electron chi connectivity index (χ4n) is 1.75. The van der Waals surface area contributed by atoms with Crippen molar-refractivity contribution in [2.75, 3.05) is 11.9 Å². The molecule has 6 nitrogen and oxygen atoms in total. The summed E-state index contributed by atoms with van der Waals surface area (Å²) in [4.78, 5) is 23.2. The molecule has 0 radical (unpaired) electrons. The molecule has 2 N–H and O–H groups in total. The number of anilines is 1. The molecule has 0 saturated carbocycles. The van der Waals surface area contributed by atoms with Gasteiger partial charge in [0, 0.05) is 6.07 Å². The minimum atomic E-state index is -1.56. The molecule has 2 unspecified atom stereocenters. The Morgan fingerprint density at radius 1 is 1.61 bits per heavy atom. The summed E-state index contributed by atoms with van der Waals surface area (Å²) in [5.41, 5.74) is 0.180. The van der Waals surface area contributed by atoms with Gasteiger partial charge in [-0.3, -0.25) is 4.79 Å². The third-order valence-corrected chi connectivity index (χ3v) is 2.55. The largest absolute Gasteiger partial charge is 0.628 e. The van der Waals surface area contributed by atoms with Crippen molar-refractivity contribution in [3.8, 4) is 0 Å². The van der Waals surface area contributed by atoms with Crippen LogP contribution in [0.25, 0.3) is 0 Å². The summed E-state index contributed by atoms with van der Waals surface area (Å²) >= 11 is 0. The highest BCUT2D eigenvalue weighted by Gasteiger charge is 2.40. The molecule has 18 heavy (non-hydrogen) atoms. The summed E-state index contributed by atoms with van der Waals surface area (Å²) in [6, 6.07) is 1.83. The molecule has 0 saturated heterocycles. The number of esters is 1. The molecule has 0 aromatic heterocycles. The SMILES string of the molecule is CCOC(=O)C1C(=O)Nc2ccc(F)cc2[NH+]1[O-]. The molecule has 2 rings (SSSR count). The molecule has 1 heterocycles. The van der Waals surface area contributed by atoms with Gasteiger partial charge in [0.05, 0.1) is 6.61 Å². The van der Waals surface area contributed by atoms with Crippen LogP contribution >= 0.6 is 0 Å². The first-order valence-electron chi connectivity index (χ1n) is 5.36. The van der Waals surface area contributed by atoms with Crippen LogP contribution in [-0.2, 0) is 14.3 Å². The fourth-order valence-corrected chi connectivity index (χ4v) is 1.75. The van der Waals surface area contributed by atoms with Crippen LogP contribution in [0.1, 0.15) is 6.92 Å². The number of fused-ring (bicyclic) bond motifs is 1. The van der Waals surface area contributed by atoms with E-state index in [4.69, 9.17) is 0 Å². The molecule has 0 aliphatic carbocycles. The van der Waals surface area contributed by atoms with Gasteiger partial charge in [-0.05, 0) is 19.1 Å². The van der Waals surface area contributed by atoms with Crippen LogP contribution in [-0.4, -0.2) is 24.5 Å². The lowest BCUT2D eigenvalue weighted by molar-refractivity contribution is -0.786. The van der Waals surface area contributed by atoms with E-state index in [1.165, 1.54) is 6.07 Å². The minimum absolute atomic E-state index is 0.0207. The van der Waals surface area contributed by atoms with E-state index in [0.29, 0.717) is 0 Å². The second-order valence-electron chi connectivity index (χ2n) is 3.73. The Labute approximate surface area is 102 Å². The number of benzene rings is 1. The summed E-state index contributed by atoms with van der Waals surface area (Å²) in [6.45, 7) is 1.63. The van der Waals surface area contributed by atoms with Crippen molar-refractivity contribution >= 4 is 23.3 Å².